The monoisotopic (exact) mass is 333 g/mol. The van der Waals surface area contributed by atoms with E-state index in [0.29, 0.717) is 19.1 Å². The lowest BCUT2D eigenvalue weighted by Gasteiger charge is -2.32. The number of piperidine rings is 1. The zero-order valence-corrected chi connectivity index (χ0v) is 14.7. The van der Waals surface area contributed by atoms with Gasteiger partial charge in [-0.3, -0.25) is 4.79 Å². The van der Waals surface area contributed by atoms with Gasteiger partial charge in [0.15, 0.2) is 0 Å². The van der Waals surface area contributed by atoms with Gasteiger partial charge in [-0.05, 0) is 31.9 Å². The molecule has 6 heteroatoms. The van der Waals surface area contributed by atoms with Crippen LogP contribution in [-0.2, 0) is 4.79 Å². The highest BCUT2D eigenvalue weighted by Gasteiger charge is 2.24. The molecule has 1 saturated heterocycles. The summed E-state index contributed by atoms with van der Waals surface area (Å²) in [5.74, 6) is 1.15. The van der Waals surface area contributed by atoms with Crippen LogP contribution in [0.5, 0.6) is 5.75 Å². The average Bonchev–Trinajstić information content (AvgIpc) is 2.59. The van der Waals surface area contributed by atoms with Gasteiger partial charge in [-0.15, -0.1) is 0 Å². The Hall–Kier alpha value is -2.24. The second-order valence-corrected chi connectivity index (χ2v) is 6.53. The Morgan fingerprint density at radius 1 is 1.29 bits per heavy atom. The molecule has 24 heavy (non-hydrogen) atoms. The molecule has 132 valence electrons. The maximum Gasteiger partial charge on any atom is 0.317 e. The van der Waals surface area contributed by atoms with Gasteiger partial charge in [0.2, 0.25) is 5.91 Å². The second kappa shape index (κ2) is 8.57. The number of aryl methyl sites for hydroxylation is 1. The molecular formula is C18H27N3O3. The van der Waals surface area contributed by atoms with Crippen molar-refractivity contribution in [1.29, 1.82) is 0 Å². The molecule has 0 bridgehead atoms. The summed E-state index contributed by atoms with van der Waals surface area (Å²) in [5, 5.41) is 2.62. The van der Waals surface area contributed by atoms with E-state index in [1.54, 1.807) is 14.1 Å². The van der Waals surface area contributed by atoms with E-state index in [-0.39, 0.29) is 18.5 Å². The minimum atomic E-state index is -0.250. The summed E-state index contributed by atoms with van der Waals surface area (Å²) in [5.41, 5.74) is 1.21. The molecule has 3 amide bonds. The summed E-state index contributed by atoms with van der Waals surface area (Å²) >= 11 is 0. The van der Waals surface area contributed by atoms with Gasteiger partial charge < -0.3 is 19.9 Å². The summed E-state index contributed by atoms with van der Waals surface area (Å²) in [4.78, 5) is 27.0. The first kappa shape index (κ1) is 18.1. The Balaban J connectivity index is 1.77. The topological polar surface area (TPSA) is 61.9 Å². The number of amides is 3. The number of carbonyl (C=O) groups is 2. The van der Waals surface area contributed by atoms with E-state index < -0.39 is 0 Å². The third-order valence-electron chi connectivity index (χ3n) is 4.18. The van der Waals surface area contributed by atoms with Crippen molar-refractivity contribution in [1.82, 2.24) is 15.1 Å². The first-order valence-corrected chi connectivity index (χ1v) is 8.38. The molecule has 0 aliphatic carbocycles. The van der Waals surface area contributed by atoms with Gasteiger partial charge in [0.25, 0.3) is 0 Å². The van der Waals surface area contributed by atoms with Crippen LogP contribution < -0.4 is 10.1 Å². The van der Waals surface area contributed by atoms with Crippen LogP contribution in [0.2, 0.25) is 0 Å². The van der Waals surface area contributed by atoms with Gasteiger partial charge in [-0.1, -0.05) is 17.7 Å². The molecule has 0 radical (unpaired) electrons. The molecule has 2 rings (SSSR count). The number of ether oxygens (including phenoxy) is 1. The van der Waals surface area contributed by atoms with E-state index in [9.17, 15) is 9.59 Å². The summed E-state index contributed by atoms with van der Waals surface area (Å²) in [6.07, 6.45) is 2.02. The van der Waals surface area contributed by atoms with Crippen LogP contribution in [0.4, 0.5) is 4.79 Å². The van der Waals surface area contributed by atoms with Gasteiger partial charge in [-0.2, -0.15) is 0 Å². The predicted molar refractivity (Wildman–Crippen MR) is 93.1 cm³/mol. The highest BCUT2D eigenvalue weighted by molar-refractivity contribution is 5.83. The van der Waals surface area contributed by atoms with Crippen LogP contribution in [-0.4, -0.2) is 62.1 Å². The van der Waals surface area contributed by atoms with Gasteiger partial charge in [-0.25, -0.2) is 4.79 Å². The van der Waals surface area contributed by atoms with Crippen molar-refractivity contribution in [3.8, 4) is 5.75 Å². The maximum absolute atomic E-state index is 12.2. The molecule has 6 nitrogen and oxygen atoms in total. The SMILES string of the molecule is Cc1ccc(OC[C@H]2CCCN(C(=O)CNC(=O)N(C)C)C2)cc1. The van der Waals surface area contributed by atoms with Crippen molar-refractivity contribution in [3.05, 3.63) is 29.8 Å². The second-order valence-electron chi connectivity index (χ2n) is 6.53. The zero-order chi connectivity index (χ0) is 17.5. The van der Waals surface area contributed by atoms with E-state index >= 15 is 0 Å². The Morgan fingerprint density at radius 2 is 2.00 bits per heavy atom. The number of urea groups is 1. The molecule has 1 N–H and O–H groups in total. The van der Waals surface area contributed by atoms with Crippen LogP contribution in [0, 0.1) is 12.8 Å². The maximum atomic E-state index is 12.2. The van der Waals surface area contributed by atoms with E-state index in [1.165, 1.54) is 10.5 Å². The Labute approximate surface area is 143 Å². The fourth-order valence-electron chi connectivity index (χ4n) is 2.70. The fraction of sp³-hybridized carbons (Fsp3) is 0.556. The quantitative estimate of drug-likeness (QED) is 0.895. The number of nitrogens with zero attached hydrogens (tertiary/aromatic N) is 2. The van der Waals surface area contributed by atoms with Crippen LogP contribution >= 0.6 is 0 Å². The molecular weight excluding hydrogens is 306 g/mol. The number of likely N-dealkylation sites (tertiary alicyclic amines) is 1. The van der Waals surface area contributed by atoms with Crippen molar-refractivity contribution in [3.63, 3.8) is 0 Å². The molecule has 0 aromatic heterocycles. The molecule has 0 spiro atoms. The summed E-state index contributed by atoms with van der Waals surface area (Å²) < 4.78 is 5.84. The molecule has 1 aromatic carbocycles. The van der Waals surface area contributed by atoms with E-state index in [4.69, 9.17) is 4.74 Å². The molecule has 0 unspecified atom stereocenters. The van der Waals surface area contributed by atoms with Gasteiger partial charge >= 0.3 is 6.03 Å². The van der Waals surface area contributed by atoms with E-state index in [2.05, 4.69) is 5.32 Å². The first-order chi connectivity index (χ1) is 11.5. The number of rotatable bonds is 5. The van der Waals surface area contributed by atoms with Crippen molar-refractivity contribution in [2.75, 3.05) is 40.3 Å². The van der Waals surface area contributed by atoms with E-state index in [0.717, 1.165) is 25.1 Å². The smallest absolute Gasteiger partial charge is 0.317 e. The first-order valence-electron chi connectivity index (χ1n) is 8.38. The average molecular weight is 333 g/mol. The Kier molecular flexibility index (Phi) is 6.46. The predicted octanol–water partition coefficient (Wildman–Crippen LogP) is 1.88. The number of hydrogen-bond donors (Lipinski definition) is 1. The lowest BCUT2D eigenvalue weighted by molar-refractivity contribution is -0.132. The van der Waals surface area contributed by atoms with Crippen LogP contribution in [0.15, 0.2) is 24.3 Å². The summed E-state index contributed by atoms with van der Waals surface area (Å²) in [7, 11) is 3.30. The molecule has 1 heterocycles. The van der Waals surface area contributed by atoms with E-state index in [1.807, 2.05) is 36.1 Å². The van der Waals surface area contributed by atoms with Crippen LogP contribution in [0.1, 0.15) is 18.4 Å². The number of carbonyl (C=O) groups excluding carboxylic acids is 2. The van der Waals surface area contributed by atoms with Crippen LogP contribution in [0.3, 0.4) is 0 Å². The molecule has 1 fully saturated rings. The molecule has 1 atom stereocenters. The fourth-order valence-corrected chi connectivity index (χ4v) is 2.70. The lowest BCUT2D eigenvalue weighted by Crippen LogP contribution is -2.47. The largest absolute Gasteiger partial charge is 0.493 e. The number of benzene rings is 1. The van der Waals surface area contributed by atoms with Gasteiger partial charge in [0.05, 0.1) is 13.2 Å². The molecule has 1 aromatic rings. The third-order valence-corrected chi connectivity index (χ3v) is 4.18. The zero-order valence-electron chi connectivity index (χ0n) is 14.7. The van der Waals surface area contributed by atoms with Crippen LogP contribution in [0.25, 0.3) is 0 Å². The van der Waals surface area contributed by atoms with Crippen molar-refractivity contribution in [2.24, 2.45) is 5.92 Å². The van der Waals surface area contributed by atoms with Crippen molar-refractivity contribution < 1.29 is 14.3 Å². The lowest BCUT2D eigenvalue weighted by atomic mass is 9.99. The van der Waals surface area contributed by atoms with Crippen molar-refractivity contribution >= 4 is 11.9 Å². The van der Waals surface area contributed by atoms with Gasteiger partial charge in [0, 0.05) is 33.1 Å². The summed E-state index contributed by atoms with van der Waals surface area (Å²) in [6, 6.07) is 7.74. The normalized spacial score (nSPS) is 17.3. The van der Waals surface area contributed by atoms with Gasteiger partial charge in [0.1, 0.15) is 5.75 Å². The highest BCUT2D eigenvalue weighted by Crippen LogP contribution is 2.19. The minimum Gasteiger partial charge on any atom is -0.493 e. The Morgan fingerprint density at radius 3 is 2.67 bits per heavy atom. The highest BCUT2D eigenvalue weighted by atomic mass is 16.5. The third kappa shape index (κ3) is 5.44. The molecule has 1 aliphatic heterocycles. The minimum absolute atomic E-state index is 0.0368. The number of hydrogen-bond acceptors (Lipinski definition) is 3. The standard InChI is InChI=1S/C18H27N3O3/c1-14-6-8-16(9-7-14)24-13-15-5-4-10-21(12-15)17(22)11-19-18(23)20(2)3/h6-9,15H,4-5,10-13H2,1-3H3,(H,19,23)/t15-/m0/s1. The molecule has 0 saturated carbocycles. The number of nitrogens with one attached hydrogen (secondary N) is 1. The molecule has 1 aliphatic rings. The van der Waals surface area contributed by atoms with Crippen molar-refractivity contribution in [2.45, 2.75) is 19.8 Å². The summed E-state index contributed by atoms with van der Waals surface area (Å²) in [6.45, 7) is 4.13. The Bertz CT molecular complexity index is 557.